The van der Waals surface area contributed by atoms with Crippen LogP contribution in [0.2, 0.25) is 0 Å². The van der Waals surface area contributed by atoms with Crippen LogP contribution in [0.15, 0.2) is 65.0 Å². The lowest BCUT2D eigenvalue weighted by Gasteiger charge is -2.16. The molecule has 0 spiro atoms. The van der Waals surface area contributed by atoms with Crippen molar-refractivity contribution in [3.05, 3.63) is 71.8 Å². The van der Waals surface area contributed by atoms with Crippen LogP contribution in [0.4, 0.5) is 5.13 Å². The van der Waals surface area contributed by atoms with E-state index >= 15 is 0 Å². The predicted octanol–water partition coefficient (Wildman–Crippen LogP) is 2.71. The smallest absolute Gasteiger partial charge is 0.238 e. The van der Waals surface area contributed by atoms with Crippen LogP contribution >= 0.6 is 11.3 Å². The summed E-state index contributed by atoms with van der Waals surface area (Å²) in [7, 11) is -3.45. The molecule has 1 N–H and O–H groups in total. The first-order valence-corrected chi connectivity index (χ1v) is 10.1. The monoisotopic (exact) mass is 373 g/mol. The Morgan fingerprint density at radius 2 is 1.48 bits per heavy atom. The Labute approximate surface area is 149 Å². The van der Waals surface area contributed by atoms with Crippen molar-refractivity contribution in [2.45, 2.75) is 10.3 Å². The molecule has 6 nitrogen and oxygen atoms in total. The summed E-state index contributed by atoms with van der Waals surface area (Å²) in [6.07, 6.45) is 1.05. The third kappa shape index (κ3) is 4.09. The Morgan fingerprint density at radius 1 is 0.960 bits per heavy atom. The lowest BCUT2D eigenvalue weighted by Crippen LogP contribution is -2.22. The maximum Gasteiger partial charge on any atom is 0.238 e. The SMILES string of the molecule is CS(=O)(=O)c1nnc(NC(=O)C(c2ccccc2)c2ccccc2)s1. The van der Waals surface area contributed by atoms with Gasteiger partial charge in [0.15, 0.2) is 0 Å². The van der Waals surface area contributed by atoms with E-state index < -0.39 is 15.8 Å². The molecule has 0 fully saturated rings. The van der Waals surface area contributed by atoms with E-state index in [0.29, 0.717) is 0 Å². The molecular weight excluding hydrogens is 358 g/mol. The number of hydrogen-bond donors (Lipinski definition) is 1. The van der Waals surface area contributed by atoms with Gasteiger partial charge in [-0.25, -0.2) is 8.42 Å². The van der Waals surface area contributed by atoms with Gasteiger partial charge in [0.25, 0.3) is 0 Å². The van der Waals surface area contributed by atoms with E-state index in [2.05, 4.69) is 15.5 Å². The summed E-state index contributed by atoms with van der Waals surface area (Å²) < 4.78 is 22.9. The van der Waals surface area contributed by atoms with Crippen LogP contribution in [0, 0.1) is 0 Å². The molecule has 1 aromatic heterocycles. The summed E-state index contributed by atoms with van der Waals surface area (Å²) >= 11 is 0.834. The number of anilines is 1. The van der Waals surface area contributed by atoms with Gasteiger partial charge in [0.2, 0.25) is 25.2 Å². The fourth-order valence-corrected chi connectivity index (χ4v) is 3.89. The van der Waals surface area contributed by atoms with Gasteiger partial charge in [0.1, 0.15) is 0 Å². The second kappa shape index (κ2) is 7.12. The number of amides is 1. The molecule has 25 heavy (non-hydrogen) atoms. The van der Waals surface area contributed by atoms with Gasteiger partial charge in [-0.3, -0.25) is 10.1 Å². The largest absolute Gasteiger partial charge is 0.300 e. The van der Waals surface area contributed by atoms with Crippen molar-refractivity contribution in [2.75, 3.05) is 11.6 Å². The zero-order valence-corrected chi connectivity index (χ0v) is 14.9. The average molecular weight is 373 g/mol. The maximum absolute atomic E-state index is 12.9. The summed E-state index contributed by atoms with van der Waals surface area (Å²) in [6, 6.07) is 18.7. The molecule has 1 heterocycles. The van der Waals surface area contributed by atoms with Crippen molar-refractivity contribution in [3.63, 3.8) is 0 Å². The normalized spacial score (nSPS) is 11.4. The van der Waals surface area contributed by atoms with Crippen LogP contribution in [0.3, 0.4) is 0 Å². The maximum atomic E-state index is 12.9. The van der Waals surface area contributed by atoms with Crippen LogP contribution in [0.5, 0.6) is 0 Å². The molecule has 0 radical (unpaired) electrons. The van der Waals surface area contributed by atoms with Crippen molar-refractivity contribution < 1.29 is 13.2 Å². The summed E-state index contributed by atoms with van der Waals surface area (Å²) in [5.74, 6) is -0.832. The van der Waals surface area contributed by atoms with Crippen LogP contribution < -0.4 is 5.32 Å². The molecule has 0 aliphatic rings. The van der Waals surface area contributed by atoms with Crippen molar-refractivity contribution in [1.82, 2.24) is 10.2 Å². The van der Waals surface area contributed by atoms with Gasteiger partial charge in [0, 0.05) is 6.26 Å². The number of rotatable bonds is 5. The van der Waals surface area contributed by atoms with Gasteiger partial charge in [-0.2, -0.15) is 0 Å². The number of benzene rings is 2. The molecule has 1 amide bonds. The Bertz CT molecular complexity index is 931. The fraction of sp³-hybridized carbons (Fsp3) is 0.118. The molecule has 0 bridgehead atoms. The van der Waals surface area contributed by atoms with Gasteiger partial charge in [0.05, 0.1) is 5.92 Å². The molecule has 0 unspecified atom stereocenters. The third-order valence-corrected chi connectivity index (χ3v) is 5.99. The van der Waals surface area contributed by atoms with Crippen LogP contribution in [0.1, 0.15) is 17.0 Å². The van der Waals surface area contributed by atoms with Gasteiger partial charge in [-0.15, -0.1) is 10.2 Å². The molecule has 128 valence electrons. The standard InChI is InChI=1S/C17H15N3O3S2/c1-25(22,23)17-20-19-16(24-17)18-15(21)14(12-8-4-2-5-9-12)13-10-6-3-7-11-13/h2-11,14H,1H3,(H,18,19,21). The number of carbonyl (C=O) groups excluding carboxylic acids is 1. The quantitative estimate of drug-likeness (QED) is 0.695. The number of sulfone groups is 1. The van der Waals surface area contributed by atoms with Gasteiger partial charge in [-0.1, -0.05) is 72.0 Å². The van der Waals surface area contributed by atoms with E-state index in [1.54, 1.807) is 0 Å². The Morgan fingerprint density at radius 3 is 1.92 bits per heavy atom. The van der Waals surface area contributed by atoms with Crippen LogP contribution in [-0.2, 0) is 14.6 Å². The van der Waals surface area contributed by atoms with Gasteiger partial charge in [-0.05, 0) is 11.1 Å². The highest BCUT2D eigenvalue weighted by Crippen LogP contribution is 2.27. The first-order chi connectivity index (χ1) is 11.9. The summed E-state index contributed by atoms with van der Waals surface area (Å²) in [5, 5.41) is 10.2. The van der Waals surface area contributed by atoms with Crippen LogP contribution in [-0.4, -0.2) is 30.8 Å². The summed E-state index contributed by atoms with van der Waals surface area (Å²) in [5.41, 5.74) is 1.66. The average Bonchev–Trinajstić information content (AvgIpc) is 3.06. The predicted molar refractivity (Wildman–Crippen MR) is 96.4 cm³/mol. The van der Waals surface area contributed by atoms with Gasteiger partial charge >= 0.3 is 0 Å². The number of hydrogen-bond acceptors (Lipinski definition) is 6. The zero-order valence-electron chi connectivity index (χ0n) is 13.3. The van der Waals surface area contributed by atoms with E-state index in [4.69, 9.17) is 0 Å². The molecule has 0 aliphatic carbocycles. The van der Waals surface area contributed by atoms with Crippen molar-refractivity contribution in [1.29, 1.82) is 0 Å². The van der Waals surface area contributed by atoms with Crippen molar-refractivity contribution in [3.8, 4) is 0 Å². The lowest BCUT2D eigenvalue weighted by molar-refractivity contribution is -0.116. The number of carbonyl (C=O) groups is 1. The van der Waals surface area contributed by atoms with E-state index in [0.717, 1.165) is 28.7 Å². The van der Waals surface area contributed by atoms with E-state index in [-0.39, 0.29) is 15.4 Å². The first kappa shape index (κ1) is 17.2. The molecule has 2 aromatic carbocycles. The molecule has 0 saturated heterocycles. The zero-order chi connectivity index (χ0) is 17.9. The number of nitrogens with zero attached hydrogens (tertiary/aromatic N) is 2. The third-order valence-electron chi connectivity index (χ3n) is 3.48. The number of nitrogens with one attached hydrogen (secondary N) is 1. The van der Waals surface area contributed by atoms with Crippen LogP contribution in [0.25, 0.3) is 0 Å². The Hall–Kier alpha value is -2.58. The van der Waals surface area contributed by atoms with Crippen molar-refractivity contribution in [2.24, 2.45) is 0 Å². The lowest BCUT2D eigenvalue weighted by atomic mass is 9.90. The first-order valence-electron chi connectivity index (χ1n) is 7.39. The Balaban J connectivity index is 1.91. The molecule has 3 rings (SSSR count). The topological polar surface area (TPSA) is 89.0 Å². The Kier molecular flexibility index (Phi) is 4.91. The van der Waals surface area contributed by atoms with E-state index in [1.807, 2.05) is 60.7 Å². The minimum Gasteiger partial charge on any atom is -0.300 e. The molecule has 0 aliphatic heterocycles. The second-order valence-electron chi connectivity index (χ2n) is 5.39. The highest BCUT2D eigenvalue weighted by atomic mass is 32.2. The highest BCUT2D eigenvalue weighted by Gasteiger charge is 2.24. The van der Waals surface area contributed by atoms with E-state index in [9.17, 15) is 13.2 Å². The second-order valence-corrected chi connectivity index (χ2v) is 8.56. The molecule has 0 atom stereocenters. The highest BCUT2D eigenvalue weighted by molar-refractivity contribution is 7.92. The molecule has 0 saturated carbocycles. The molecule has 3 aromatic rings. The minimum absolute atomic E-state index is 0.126. The summed E-state index contributed by atoms with van der Waals surface area (Å²) in [6.45, 7) is 0. The van der Waals surface area contributed by atoms with Gasteiger partial charge < -0.3 is 0 Å². The summed E-state index contributed by atoms with van der Waals surface area (Å²) in [4.78, 5) is 12.9. The van der Waals surface area contributed by atoms with E-state index in [1.165, 1.54) is 0 Å². The van der Waals surface area contributed by atoms with Crippen molar-refractivity contribution >= 4 is 32.2 Å². The molecule has 8 heteroatoms. The number of aromatic nitrogens is 2. The fourth-order valence-electron chi connectivity index (χ4n) is 2.37. The minimum atomic E-state index is -3.45. The molecular formula is C17H15N3O3S2.